The molecule has 1 amide bonds. The van der Waals surface area contributed by atoms with Crippen molar-refractivity contribution < 1.29 is 22.7 Å². The van der Waals surface area contributed by atoms with Gasteiger partial charge in [0.15, 0.2) is 0 Å². The largest absolute Gasteiger partial charge is 0.497 e. The second-order valence-electron chi connectivity index (χ2n) is 8.68. The quantitative estimate of drug-likeness (QED) is 0.605. The van der Waals surface area contributed by atoms with Gasteiger partial charge < -0.3 is 14.8 Å². The number of carbonyl (C=O) groups excluding carboxylic acids is 1. The van der Waals surface area contributed by atoms with Crippen molar-refractivity contribution >= 4 is 21.6 Å². The number of benzene rings is 2. The molecule has 0 atom stereocenters. The SMILES string of the molecule is COc1ccc(NC(=O)CN(C2CCCCC2)S(=O)(=O)c2c(C)cc(C)cc2C)c(OC)c1. The van der Waals surface area contributed by atoms with Crippen LogP contribution in [0.15, 0.2) is 35.2 Å². The molecule has 0 radical (unpaired) electrons. The summed E-state index contributed by atoms with van der Waals surface area (Å²) in [6, 6.07) is 8.62. The summed E-state index contributed by atoms with van der Waals surface area (Å²) in [5, 5.41) is 2.82. The predicted octanol–water partition coefficient (Wildman–Crippen LogP) is 4.59. The van der Waals surface area contributed by atoms with Gasteiger partial charge in [-0.05, 0) is 56.9 Å². The highest BCUT2D eigenvalue weighted by molar-refractivity contribution is 7.89. The first kappa shape index (κ1) is 25.1. The average Bonchev–Trinajstić information content (AvgIpc) is 2.77. The Morgan fingerprint density at radius 3 is 2.21 bits per heavy atom. The molecule has 0 heterocycles. The molecule has 180 valence electrons. The molecule has 3 rings (SSSR count). The number of sulfonamides is 1. The van der Waals surface area contributed by atoms with E-state index in [1.807, 2.05) is 32.9 Å². The molecule has 2 aromatic carbocycles. The van der Waals surface area contributed by atoms with Crippen LogP contribution in [0.4, 0.5) is 5.69 Å². The van der Waals surface area contributed by atoms with Gasteiger partial charge in [-0.15, -0.1) is 0 Å². The minimum Gasteiger partial charge on any atom is -0.497 e. The molecule has 7 nitrogen and oxygen atoms in total. The van der Waals surface area contributed by atoms with E-state index in [2.05, 4.69) is 5.32 Å². The van der Waals surface area contributed by atoms with Crippen molar-refractivity contribution in [1.29, 1.82) is 0 Å². The fourth-order valence-electron chi connectivity index (χ4n) is 4.70. The lowest BCUT2D eigenvalue weighted by molar-refractivity contribution is -0.116. The van der Waals surface area contributed by atoms with Crippen molar-refractivity contribution in [1.82, 2.24) is 4.31 Å². The van der Waals surface area contributed by atoms with Gasteiger partial charge >= 0.3 is 0 Å². The first-order valence-electron chi connectivity index (χ1n) is 11.3. The van der Waals surface area contributed by atoms with E-state index in [4.69, 9.17) is 9.47 Å². The Balaban J connectivity index is 1.93. The Morgan fingerprint density at radius 2 is 1.64 bits per heavy atom. The maximum absolute atomic E-state index is 13.9. The van der Waals surface area contributed by atoms with Gasteiger partial charge in [0.2, 0.25) is 15.9 Å². The summed E-state index contributed by atoms with van der Waals surface area (Å²) in [6.45, 7) is 5.32. The van der Waals surface area contributed by atoms with Gasteiger partial charge in [0.05, 0.1) is 31.3 Å². The van der Waals surface area contributed by atoms with Gasteiger partial charge in [-0.3, -0.25) is 4.79 Å². The van der Waals surface area contributed by atoms with E-state index in [9.17, 15) is 13.2 Å². The Hall–Kier alpha value is -2.58. The fourth-order valence-corrected chi connectivity index (χ4v) is 6.76. The number of ether oxygens (including phenoxy) is 2. The molecule has 1 aliphatic carbocycles. The molecule has 0 aromatic heterocycles. The third-order valence-electron chi connectivity index (χ3n) is 6.14. The molecule has 0 aliphatic heterocycles. The monoisotopic (exact) mass is 474 g/mol. The van der Waals surface area contributed by atoms with E-state index in [0.29, 0.717) is 33.2 Å². The number of hydrogen-bond donors (Lipinski definition) is 1. The first-order valence-corrected chi connectivity index (χ1v) is 12.7. The number of nitrogens with one attached hydrogen (secondary N) is 1. The first-order chi connectivity index (χ1) is 15.7. The minimum atomic E-state index is -3.87. The summed E-state index contributed by atoms with van der Waals surface area (Å²) in [4.78, 5) is 13.4. The second kappa shape index (κ2) is 10.6. The van der Waals surface area contributed by atoms with E-state index >= 15 is 0 Å². The molecule has 1 aliphatic rings. The highest BCUT2D eigenvalue weighted by atomic mass is 32.2. The van der Waals surface area contributed by atoms with Crippen molar-refractivity contribution in [3.05, 3.63) is 47.0 Å². The molecule has 2 aromatic rings. The number of hydrogen-bond acceptors (Lipinski definition) is 5. The lowest BCUT2D eigenvalue weighted by atomic mass is 9.95. The number of carbonyl (C=O) groups is 1. The Bertz CT molecular complexity index is 1080. The van der Waals surface area contributed by atoms with Crippen LogP contribution in [0.3, 0.4) is 0 Å². The van der Waals surface area contributed by atoms with E-state index in [0.717, 1.165) is 37.7 Å². The summed E-state index contributed by atoms with van der Waals surface area (Å²) in [5.74, 6) is 0.636. The van der Waals surface area contributed by atoms with Crippen LogP contribution in [0.25, 0.3) is 0 Å². The van der Waals surface area contributed by atoms with Gasteiger partial charge in [-0.25, -0.2) is 8.42 Å². The van der Waals surface area contributed by atoms with Gasteiger partial charge in [-0.2, -0.15) is 4.31 Å². The molecule has 0 saturated heterocycles. The molecule has 1 saturated carbocycles. The van der Waals surface area contributed by atoms with Crippen LogP contribution in [0.5, 0.6) is 11.5 Å². The van der Waals surface area contributed by atoms with Crippen LogP contribution in [-0.2, 0) is 14.8 Å². The van der Waals surface area contributed by atoms with Crippen LogP contribution in [0, 0.1) is 20.8 Å². The normalized spacial score (nSPS) is 14.8. The van der Waals surface area contributed by atoms with E-state index in [1.165, 1.54) is 11.4 Å². The van der Waals surface area contributed by atoms with Crippen LogP contribution in [-0.4, -0.2) is 45.4 Å². The molecule has 1 N–H and O–H groups in total. The highest BCUT2D eigenvalue weighted by Crippen LogP contribution is 2.32. The second-order valence-corrected chi connectivity index (χ2v) is 10.5. The Labute approximate surface area is 197 Å². The van der Waals surface area contributed by atoms with E-state index in [1.54, 1.807) is 25.3 Å². The van der Waals surface area contributed by atoms with Gasteiger partial charge in [0.1, 0.15) is 11.5 Å². The lowest BCUT2D eigenvalue weighted by Crippen LogP contribution is -2.46. The minimum absolute atomic E-state index is 0.202. The predicted molar refractivity (Wildman–Crippen MR) is 130 cm³/mol. The molecule has 0 spiro atoms. The zero-order valence-corrected chi connectivity index (χ0v) is 20.9. The molecular formula is C25H34N2O5S. The van der Waals surface area contributed by atoms with Crippen molar-refractivity contribution in [3.63, 3.8) is 0 Å². The molecule has 8 heteroatoms. The fraction of sp³-hybridized carbons (Fsp3) is 0.480. The number of amides is 1. The standard InChI is InChI=1S/C25H34N2O5S/c1-17-13-18(2)25(19(3)14-17)33(29,30)27(20-9-7-6-8-10-20)16-24(28)26-22-12-11-21(31-4)15-23(22)32-5/h11-15,20H,6-10,16H2,1-5H3,(H,26,28). The lowest BCUT2D eigenvalue weighted by Gasteiger charge is -2.33. The maximum Gasteiger partial charge on any atom is 0.244 e. The number of aryl methyl sites for hydroxylation is 3. The molecule has 1 fully saturated rings. The number of rotatable bonds is 8. The highest BCUT2D eigenvalue weighted by Gasteiger charge is 2.35. The van der Waals surface area contributed by atoms with Gasteiger partial charge in [0.25, 0.3) is 0 Å². The smallest absolute Gasteiger partial charge is 0.244 e. The number of methoxy groups -OCH3 is 2. The van der Waals surface area contributed by atoms with E-state index in [-0.39, 0.29) is 12.6 Å². The van der Waals surface area contributed by atoms with Crippen molar-refractivity contribution in [2.24, 2.45) is 0 Å². The van der Waals surface area contributed by atoms with Crippen LogP contribution in [0.2, 0.25) is 0 Å². The summed E-state index contributed by atoms with van der Waals surface area (Å²) < 4.78 is 39.7. The molecule has 0 unspecified atom stereocenters. The third-order valence-corrected chi connectivity index (χ3v) is 8.34. The van der Waals surface area contributed by atoms with Crippen molar-refractivity contribution in [2.45, 2.75) is 63.8 Å². The van der Waals surface area contributed by atoms with Crippen LogP contribution >= 0.6 is 0 Å². The molecule has 33 heavy (non-hydrogen) atoms. The third kappa shape index (κ3) is 5.68. The van der Waals surface area contributed by atoms with Crippen LogP contribution in [0.1, 0.15) is 48.8 Å². The number of anilines is 1. The number of nitrogens with zero attached hydrogens (tertiary/aromatic N) is 1. The zero-order chi connectivity index (χ0) is 24.2. The summed E-state index contributed by atoms with van der Waals surface area (Å²) >= 11 is 0. The molecule has 0 bridgehead atoms. The summed E-state index contributed by atoms with van der Waals surface area (Å²) in [7, 11) is -0.815. The topological polar surface area (TPSA) is 84.9 Å². The summed E-state index contributed by atoms with van der Waals surface area (Å²) in [5.41, 5.74) is 2.88. The van der Waals surface area contributed by atoms with E-state index < -0.39 is 15.9 Å². The van der Waals surface area contributed by atoms with Gasteiger partial charge in [0, 0.05) is 12.1 Å². The maximum atomic E-state index is 13.9. The molecular weight excluding hydrogens is 440 g/mol. The van der Waals surface area contributed by atoms with Crippen molar-refractivity contribution in [2.75, 3.05) is 26.1 Å². The average molecular weight is 475 g/mol. The Morgan fingerprint density at radius 1 is 1.00 bits per heavy atom. The van der Waals surface area contributed by atoms with Crippen LogP contribution < -0.4 is 14.8 Å². The van der Waals surface area contributed by atoms with Crippen molar-refractivity contribution in [3.8, 4) is 11.5 Å². The zero-order valence-electron chi connectivity index (χ0n) is 20.1. The Kier molecular flexibility index (Phi) is 8.02. The summed E-state index contributed by atoms with van der Waals surface area (Å²) in [6.07, 6.45) is 4.50. The van der Waals surface area contributed by atoms with Gasteiger partial charge in [-0.1, -0.05) is 37.0 Å².